The van der Waals surface area contributed by atoms with Crippen LogP contribution in [0.15, 0.2) is 23.1 Å². The van der Waals surface area contributed by atoms with Gasteiger partial charge in [0.05, 0.1) is 0 Å². The fourth-order valence-corrected chi connectivity index (χ4v) is 1.67. The van der Waals surface area contributed by atoms with Gasteiger partial charge in [0, 0.05) is 18.3 Å². The highest BCUT2D eigenvalue weighted by Gasteiger charge is 2.18. The van der Waals surface area contributed by atoms with Crippen molar-refractivity contribution in [1.82, 2.24) is 0 Å². The Kier molecular flexibility index (Phi) is 3.55. The van der Waals surface area contributed by atoms with E-state index in [9.17, 15) is 4.79 Å². The van der Waals surface area contributed by atoms with Gasteiger partial charge in [0.15, 0.2) is 5.78 Å². The minimum Gasteiger partial charge on any atom is -0.294 e. The third kappa shape index (κ3) is 2.13. The van der Waals surface area contributed by atoms with E-state index >= 15 is 0 Å². The molecule has 0 saturated carbocycles. The second kappa shape index (κ2) is 4.47. The number of hydrogen-bond donors (Lipinski definition) is 1. The molecule has 1 aliphatic carbocycles. The zero-order chi connectivity index (χ0) is 9.84. The first-order valence-corrected chi connectivity index (χ1v) is 5.07. The monoisotopic (exact) mass is 196 g/mol. The molecule has 0 spiro atoms. The summed E-state index contributed by atoms with van der Waals surface area (Å²) in [5, 5.41) is 0. The van der Waals surface area contributed by atoms with Gasteiger partial charge < -0.3 is 0 Å². The maximum absolute atomic E-state index is 11.2. The van der Waals surface area contributed by atoms with E-state index in [4.69, 9.17) is 0 Å². The number of hydrogen-bond acceptors (Lipinski definition) is 2. The summed E-state index contributed by atoms with van der Waals surface area (Å²) >= 11 is 4.20. The van der Waals surface area contributed by atoms with Gasteiger partial charge in [0.25, 0.3) is 0 Å². The molecule has 1 aromatic rings. The van der Waals surface area contributed by atoms with Crippen molar-refractivity contribution in [1.29, 1.82) is 0 Å². The molecule has 0 atom stereocenters. The molecule has 0 saturated heterocycles. The van der Waals surface area contributed by atoms with Gasteiger partial charge in [-0.15, -0.1) is 12.6 Å². The number of Topliss-reactive ketones (excluding diaryl/α,β-unsaturated/α-hetero) is 1. The summed E-state index contributed by atoms with van der Waals surface area (Å²) in [5.41, 5.74) is 2.05. The molecular formula is C11H16OS. The van der Waals surface area contributed by atoms with Crippen LogP contribution < -0.4 is 0 Å². The number of ketones is 1. The predicted octanol–water partition coefficient (Wildman–Crippen LogP) is 3.38. The van der Waals surface area contributed by atoms with Crippen LogP contribution in [0.3, 0.4) is 0 Å². The van der Waals surface area contributed by atoms with Crippen molar-refractivity contribution in [2.45, 2.75) is 31.6 Å². The minimum absolute atomic E-state index is 0. The molecule has 2 heteroatoms. The molecule has 72 valence electrons. The average Bonchev–Trinajstić information content (AvgIpc) is 2.51. The molecule has 0 unspecified atom stereocenters. The Labute approximate surface area is 86.1 Å². The highest BCUT2D eigenvalue weighted by molar-refractivity contribution is 7.80. The lowest BCUT2D eigenvalue weighted by Crippen LogP contribution is -1.89. The molecule has 0 heterocycles. The Morgan fingerprint density at radius 2 is 2.00 bits per heavy atom. The van der Waals surface area contributed by atoms with Crippen molar-refractivity contribution in [2.75, 3.05) is 0 Å². The summed E-state index contributed by atoms with van der Waals surface area (Å²) in [6, 6.07) is 5.71. The largest absolute Gasteiger partial charge is 0.294 e. The van der Waals surface area contributed by atoms with Crippen LogP contribution in [0.25, 0.3) is 0 Å². The first-order chi connectivity index (χ1) is 6.27. The van der Waals surface area contributed by atoms with Gasteiger partial charge in [-0.1, -0.05) is 19.9 Å². The summed E-state index contributed by atoms with van der Waals surface area (Å²) in [6.07, 6.45) is 1.56. The van der Waals surface area contributed by atoms with E-state index < -0.39 is 0 Å². The van der Waals surface area contributed by atoms with Crippen molar-refractivity contribution in [3.63, 3.8) is 0 Å². The fourth-order valence-electron chi connectivity index (χ4n) is 1.44. The lowest BCUT2D eigenvalue weighted by molar-refractivity contribution is 0.0994. The summed E-state index contributed by atoms with van der Waals surface area (Å²) < 4.78 is 0. The van der Waals surface area contributed by atoms with Crippen LogP contribution in [0, 0.1) is 0 Å². The molecule has 0 radical (unpaired) electrons. The third-order valence-electron chi connectivity index (χ3n) is 2.01. The van der Waals surface area contributed by atoms with E-state index in [0.717, 1.165) is 22.4 Å². The van der Waals surface area contributed by atoms with E-state index in [1.54, 1.807) is 0 Å². The molecule has 0 bridgehead atoms. The van der Waals surface area contributed by atoms with E-state index in [1.807, 2.05) is 32.0 Å². The standard InChI is InChI=1S/C9H8OS.C2H6.H2/c10-9-4-1-6-5-7(11)2-3-8(6)9;1-2;/h2-3,5,11H,1,4H2;1-2H3;1H. The summed E-state index contributed by atoms with van der Waals surface area (Å²) in [5.74, 6) is 0.272. The fraction of sp³-hybridized carbons (Fsp3) is 0.364. The van der Waals surface area contributed by atoms with Crippen molar-refractivity contribution in [3.8, 4) is 0 Å². The van der Waals surface area contributed by atoms with Crippen molar-refractivity contribution < 1.29 is 6.22 Å². The van der Waals surface area contributed by atoms with Crippen LogP contribution in [-0.4, -0.2) is 5.78 Å². The summed E-state index contributed by atoms with van der Waals surface area (Å²) in [7, 11) is 0. The first-order valence-electron chi connectivity index (χ1n) is 4.62. The predicted molar refractivity (Wildman–Crippen MR) is 59.8 cm³/mol. The molecule has 0 aliphatic heterocycles. The van der Waals surface area contributed by atoms with Gasteiger partial charge in [-0.3, -0.25) is 4.79 Å². The van der Waals surface area contributed by atoms with E-state index in [2.05, 4.69) is 12.6 Å². The Hall–Kier alpha value is -0.760. The van der Waals surface area contributed by atoms with Gasteiger partial charge in [0.2, 0.25) is 0 Å². The average molecular weight is 196 g/mol. The highest BCUT2D eigenvalue weighted by Crippen LogP contribution is 2.23. The smallest absolute Gasteiger partial charge is 0.163 e. The maximum atomic E-state index is 11.2. The van der Waals surface area contributed by atoms with Crippen LogP contribution >= 0.6 is 12.6 Å². The SMILES string of the molecule is CC.O=C1CCc2cc(S)ccc21.[HH]. The molecule has 0 N–H and O–H groups in total. The number of carbonyl (C=O) groups is 1. The molecule has 1 aromatic carbocycles. The molecule has 1 aliphatic rings. The summed E-state index contributed by atoms with van der Waals surface area (Å²) in [4.78, 5) is 12.1. The molecule has 0 amide bonds. The number of aryl methyl sites for hydroxylation is 1. The highest BCUT2D eigenvalue weighted by atomic mass is 32.1. The molecule has 0 fully saturated rings. The van der Waals surface area contributed by atoms with Crippen LogP contribution in [0.5, 0.6) is 0 Å². The maximum Gasteiger partial charge on any atom is 0.163 e. The van der Waals surface area contributed by atoms with Crippen LogP contribution in [-0.2, 0) is 6.42 Å². The van der Waals surface area contributed by atoms with E-state index in [-0.39, 0.29) is 7.21 Å². The third-order valence-corrected chi connectivity index (χ3v) is 2.29. The Bertz CT molecular complexity index is 323. The van der Waals surface area contributed by atoms with E-state index in [0.29, 0.717) is 6.42 Å². The second-order valence-corrected chi connectivity index (χ2v) is 3.28. The molecule has 1 nitrogen and oxygen atoms in total. The van der Waals surface area contributed by atoms with Gasteiger partial charge in [-0.05, 0) is 24.1 Å². The van der Waals surface area contributed by atoms with Gasteiger partial charge >= 0.3 is 0 Å². The summed E-state index contributed by atoms with van der Waals surface area (Å²) in [6.45, 7) is 4.00. The Morgan fingerprint density at radius 3 is 2.69 bits per heavy atom. The minimum atomic E-state index is 0. The Balaban J connectivity index is 0.000000531. The first kappa shape index (κ1) is 10.3. The molecular weight excluding hydrogens is 180 g/mol. The van der Waals surface area contributed by atoms with Crippen LogP contribution in [0.1, 0.15) is 37.6 Å². The normalized spacial score (nSPS) is 13.3. The quantitative estimate of drug-likeness (QED) is 0.629. The number of thiol groups is 1. The molecule has 13 heavy (non-hydrogen) atoms. The van der Waals surface area contributed by atoms with Gasteiger partial charge in [-0.25, -0.2) is 0 Å². The van der Waals surface area contributed by atoms with Gasteiger partial charge in [0.1, 0.15) is 0 Å². The lowest BCUT2D eigenvalue weighted by Gasteiger charge is -1.96. The van der Waals surface area contributed by atoms with Crippen LogP contribution in [0.2, 0.25) is 0 Å². The van der Waals surface area contributed by atoms with Crippen molar-refractivity contribution >= 4 is 18.4 Å². The zero-order valence-corrected chi connectivity index (χ0v) is 8.90. The van der Waals surface area contributed by atoms with Crippen molar-refractivity contribution in [2.24, 2.45) is 0 Å². The van der Waals surface area contributed by atoms with Gasteiger partial charge in [-0.2, -0.15) is 0 Å². The second-order valence-electron chi connectivity index (χ2n) is 2.76. The van der Waals surface area contributed by atoms with Crippen LogP contribution in [0.4, 0.5) is 0 Å². The number of carbonyl (C=O) groups excluding carboxylic acids is 1. The Morgan fingerprint density at radius 1 is 1.31 bits per heavy atom. The van der Waals surface area contributed by atoms with E-state index in [1.165, 1.54) is 0 Å². The zero-order valence-electron chi connectivity index (χ0n) is 8.00. The number of fused-ring (bicyclic) bond motifs is 1. The number of rotatable bonds is 0. The topological polar surface area (TPSA) is 17.1 Å². The molecule has 0 aromatic heterocycles. The number of benzene rings is 1. The van der Waals surface area contributed by atoms with Crippen molar-refractivity contribution in [3.05, 3.63) is 29.3 Å². The lowest BCUT2D eigenvalue weighted by atomic mass is 10.1. The molecule has 2 rings (SSSR count).